The summed E-state index contributed by atoms with van der Waals surface area (Å²) in [6.07, 6.45) is -0.531. The van der Waals surface area contributed by atoms with Crippen LogP contribution in [0.25, 0.3) is 0 Å². The van der Waals surface area contributed by atoms with Gasteiger partial charge in [-0.1, -0.05) is 18.6 Å². The highest BCUT2D eigenvalue weighted by Gasteiger charge is 2.37. The topological polar surface area (TPSA) is 62.7 Å². The van der Waals surface area contributed by atoms with Crippen LogP contribution in [0, 0.1) is 12.8 Å². The zero-order valence-electron chi connectivity index (χ0n) is 17.3. The molecule has 2 aliphatic rings. The van der Waals surface area contributed by atoms with Crippen LogP contribution in [0.15, 0.2) is 30.5 Å². The maximum atomic E-state index is 13.5. The van der Waals surface area contributed by atoms with E-state index in [0.717, 1.165) is 36.5 Å². The molecule has 1 N–H and O–H groups in total. The van der Waals surface area contributed by atoms with Gasteiger partial charge in [0.1, 0.15) is 12.4 Å². The Labute approximate surface area is 178 Å². The second-order valence-electron chi connectivity index (χ2n) is 8.51. The Bertz CT molecular complexity index is 967. The molecule has 8 heteroatoms. The summed E-state index contributed by atoms with van der Waals surface area (Å²) < 4.78 is 46.3. The van der Waals surface area contributed by atoms with Gasteiger partial charge in [-0.15, -0.1) is 0 Å². The molecule has 1 aromatic carbocycles. The zero-order chi connectivity index (χ0) is 22.2. The number of alkyl halides is 3. The molecule has 2 heterocycles. The lowest BCUT2D eigenvalue weighted by atomic mass is 9.78. The lowest BCUT2D eigenvalue weighted by Crippen LogP contribution is -2.49. The van der Waals surface area contributed by atoms with Crippen LogP contribution in [0.4, 0.5) is 13.2 Å². The maximum absolute atomic E-state index is 13.5. The maximum Gasteiger partial charge on any atom is 0.416 e. The summed E-state index contributed by atoms with van der Waals surface area (Å²) in [5.41, 5.74) is 1.84. The Balaban J connectivity index is 1.39. The Kier molecular flexibility index (Phi) is 5.92. The molecule has 0 spiro atoms. The molecule has 31 heavy (non-hydrogen) atoms. The van der Waals surface area contributed by atoms with E-state index in [9.17, 15) is 18.0 Å². The molecule has 2 aromatic rings. The minimum atomic E-state index is -4.41. The van der Waals surface area contributed by atoms with E-state index in [-0.39, 0.29) is 24.1 Å². The number of rotatable bonds is 7. The Morgan fingerprint density at radius 3 is 2.58 bits per heavy atom. The molecule has 4 rings (SSSR count). The minimum Gasteiger partial charge on any atom is -0.487 e. The molecular weight excluding hydrogens is 409 g/mol. The number of benzene rings is 1. The molecule has 1 aliphatic heterocycles. The lowest BCUT2D eigenvalue weighted by molar-refractivity contribution is -0.147. The summed E-state index contributed by atoms with van der Waals surface area (Å²) in [6, 6.07) is 6.76. The van der Waals surface area contributed by atoms with Crippen molar-refractivity contribution in [3.05, 3.63) is 58.4 Å². The predicted molar refractivity (Wildman–Crippen MR) is 108 cm³/mol. The third kappa shape index (κ3) is 4.84. The van der Waals surface area contributed by atoms with Gasteiger partial charge in [0, 0.05) is 25.8 Å². The molecule has 1 aromatic heterocycles. The van der Waals surface area contributed by atoms with Crippen LogP contribution < -0.4 is 4.74 Å². The molecule has 5 nitrogen and oxygen atoms in total. The van der Waals surface area contributed by atoms with Crippen LogP contribution in [0.2, 0.25) is 0 Å². The zero-order valence-corrected chi connectivity index (χ0v) is 17.3. The van der Waals surface area contributed by atoms with Gasteiger partial charge in [0.05, 0.1) is 17.2 Å². The van der Waals surface area contributed by atoms with E-state index in [1.165, 1.54) is 6.20 Å². The van der Waals surface area contributed by atoms with Crippen LogP contribution in [-0.4, -0.2) is 34.0 Å². The van der Waals surface area contributed by atoms with Gasteiger partial charge in [0.25, 0.3) is 0 Å². The molecule has 1 saturated carbocycles. The fourth-order valence-electron chi connectivity index (χ4n) is 4.12. The molecule has 166 valence electrons. The molecule has 0 atom stereocenters. The highest BCUT2D eigenvalue weighted by molar-refractivity contribution is 5.71. The van der Waals surface area contributed by atoms with E-state index in [1.807, 2.05) is 19.1 Å². The average molecular weight is 434 g/mol. The number of halogens is 3. The van der Waals surface area contributed by atoms with Crippen molar-refractivity contribution in [1.82, 2.24) is 9.88 Å². The SMILES string of the molecule is Cc1cc(CN2CC(C(=O)O)C2)ccc1OCc1cc(C(F)(F)F)c(C2CCC2)cn1. The van der Waals surface area contributed by atoms with Gasteiger partial charge < -0.3 is 9.84 Å². The number of hydrogen-bond acceptors (Lipinski definition) is 4. The fourth-order valence-corrected chi connectivity index (χ4v) is 4.12. The number of carboxylic acid groups (broad SMARTS) is 1. The Morgan fingerprint density at radius 1 is 1.26 bits per heavy atom. The average Bonchev–Trinajstić information content (AvgIpc) is 2.62. The second-order valence-corrected chi connectivity index (χ2v) is 8.51. The van der Waals surface area contributed by atoms with Gasteiger partial charge >= 0.3 is 12.1 Å². The quantitative estimate of drug-likeness (QED) is 0.680. The van der Waals surface area contributed by atoms with Gasteiger partial charge in [-0.3, -0.25) is 14.7 Å². The Hall–Kier alpha value is -2.61. The third-order valence-corrected chi connectivity index (χ3v) is 6.17. The van der Waals surface area contributed by atoms with Crippen molar-refractivity contribution in [1.29, 1.82) is 0 Å². The Morgan fingerprint density at radius 2 is 2.00 bits per heavy atom. The van der Waals surface area contributed by atoms with Crippen molar-refractivity contribution in [3.8, 4) is 5.75 Å². The summed E-state index contributed by atoms with van der Waals surface area (Å²) in [6.45, 7) is 3.57. The number of pyridine rings is 1. The lowest BCUT2D eigenvalue weighted by Gasteiger charge is -2.36. The third-order valence-electron chi connectivity index (χ3n) is 6.17. The monoisotopic (exact) mass is 434 g/mol. The van der Waals surface area contributed by atoms with Crippen molar-refractivity contribution >= 4 is 5.97 Å². The van der Waals surface area contributed by atoms with Gasteiger partial charge in [-0.05, 0) is 54.5 Å². The molecule has 0 unspecified atom stereocenters. The molecule has 0 radical (unpaired) electrons. The van der Waals surface area contributed by atoms with E-state index in [4.69, 9.17) is 9.84 Å². The smallest absolute Gasteiger partial charge is 0.416 e. The molecule has 0 bridgehead atoms. The highest BCUT2D eigenvalue weighted by atomic mass is 19.4. The van der Waals surface area contributed by atoms with Crippen LogP contribution in [-0.2, 0) is 24.1 Å². The van der Waals surface area contributed by atoms with Gasteiger partial charge in [0.15, 0.2) is 0 Å². The van der Waals surface area contributed by atoms with Crippen molar-refractivity contribution in [2.45, 2.75) is 51.4 Å². The molecule has 0 amide bonds. The summed E-state index contributed by atoms with van der Waals surface area (Å²) in [4.78, 5) is 17.2. The number of hydrogen-bond donors (Lipinski definition) is 1. The van der Waals surface area contributed by atoms with E-state index < -0.39 is 17.7 Å². The molecular formula is C23H25F3N2O3. The number of nitrogens with zero attached hydrogens (tertiary/aromatic N) is 2. The number of aromatic nitrogens is 1. The van der Waals surface area contributed by atoms with E-state index >= 15 is 0 Å². The normalized spacial score (nSPS) is 17.8. The predicted octanol–water partition coefficient (Wildman–Crippen LogP) is 4.77. The van der Waals surface area contributed by atoms with E-state index in [2.05, 4.69) is 9.88 Å². The second kappa shape index (κ2) is 8.49. The first kappa shape index (κ1) is 21.6. The van der Waals surface area contributed by atoms with Gasteiger partial charge in [0.2, 0.25) is 0 Å². The van der Waals surface area contributed by atoms with E-state index in [0.29, 0.717) is 30.9 Å². The number of likely N-dealkylation sites (tertiary alicyclic amines) is 1. The first-order valence-electron chi connectivity index (χ1n) is 10.4. The van der Waals surface area contributed by atoms with Crippen molar-refractivity contribution < 1.29 is 27.8 Å². The van der Waals surface area contributed by atoms with Crippen LogP contribution in [0.5, 0.6) is 5.75 Å². The summed E-state index contributed by atoms with van der Waals surface area (Å²) in [5, 5.41) is 8.96. The number of aliphatic carboxylic acids is 1. The van der Waals surface area contributed by atoms with Gasteiger partial charge in [-0.2, -0.15) is 13.2 Å². The van der Waals surface area contributed by atoms with Crippen molar-refractivity contribution in [2.24, 2.45) is 5.92 Å². The largest absolute Gasteiger partial charge is 0.487 e. The van der Waals surface area contributed by atoms with Crippen LogP contribution in [0.1, 0.15) is 53.1 Å². The van der Waals surface area contributed by atoms with Gasteiger partial charge in [-0.25, -0.2) is 0 Å². The number of ether oxygens (including phenoxy) is 1. The van der Waals surface area contributed by atoms with Crippen LogP contribution >= 0.6 is 0 Å². The number of carbonyl (C=O) groups is 1. The highest BCUT2D eigenvalue weighted by Crippen LogP contribution is 2.43. The van der Waals surface area contributed by atoms with Crippen molar-refractivity contribution in [3.63, 3.8) is 0 Å². The molecule has 2 fully saturated rings. The summed E-state index contributed by atoms with van der Waals surface area (Å²) in [7, 11) is 0. The molecule has 1 aliphatic carbocycles. The van der Waals surface area contributed by atoms with Crippen molar-refractivity contribution in [2.75, 3.05) is 13.1 Å². The first-order valence-corrected chi connectivity index (χ1v) is 10.4. The number of carboxylic acids is 1. The standard InChI is InChI=1S/C23H25F3N2O3/c1-14-7-15(10-28-11-17(12-28)22(29)30)5-6-21(14)31-13-18-8-20(23(24,25)26)19(9-27-18)16-3-2-4-16/h5-9,16-17H,2-4,10-13H2,1H3,(H,29,30). The summed E-state index contributed by atoms with van der Waals surface area (Å²) >= 11 is 0. The minimum absolute atomic E-state index is 0.0410. The fraction of sp³-hybridized carbons (Fsp3) is 0.478. The van der Waals surface area contributed by atoms with E-state index in [1.54, 1.807) is 6.07 Å². The van der Waals surface area contributed by atoms with Crippen LogP contribution in [0.3, 0.4) is 0 Å². The number of aryl methyl sites for hydroxylation is 1. The summed E-state index contributed by atoms with van der Waals surface area (Å²) in [5.74, 6) is -0.520. The molecule has 1 saturated heterocycles. The first-order chi connectivity index (χ1) is 14.7.